The number of aliphatic hydroxyl groups excluding tert-OH is 2. The molecule has 2 fully saturated rings. The Bertz CT molecular complexity index is 443. The van der Waals surface area contributed by atoms with Gasteiger partial charge in [-0.1, -0.05) is 25.5 Å². The highest BCUT2D eigenvalue weighted by atomic mass is 16.6. The van der Waals surface area contributed by atoms with E-state index in [1.54, 1.807) is 0 Å². The van der Waals surface area contributed by atoms with E-state index < -0.39 is 17.6 Å². The molecule has 4 heteroatoms. The van der Waals surface area contributed by atoms with Crippen molar-refractivity contribution in [2.75, 3.05) is 0 Å². The van der Waals surface area contributed by atoms with Crippen LogP contribution in [0.4, 0.5) is 0 Å². The van der Waals surface area contributed by atoms with Crippen LogP contribution in [0.5, 0.6) is 0 Å². The number of carbonyl (C=O) groups is 1. The number of esters is 1. The van der Waals surface area contributed by atoms with Crippen LogP contribution in [-0.4, -0.2) is 34.5 Å². The average Bonchev–Trinajstić information content (AvgIpc) is 2.61. The minimum atomic E-state index is -0.576. The van der Waals surface area contributed by atoms with Crippen LogP contribution in [0.3, 0.4) is 0 Å². The molecule has 3 aliphatic rings. The molecule has 4 nitrogen and oxygen atoms in total. The second-order valence-corrected chi connectivity index (χ2v) is 6.72. The van der Waals surface area contributed by atoms with Gasteiger partial charge in [0.05, 0.1) is 18.1 Å². The van der Waals surface area contributed by atoms with Gasteiger partial charge in [-0.3, -0.25) is 4.79 Å². The van der Waals surface area contributed by atoms with Crippen LogP contribution in [0.25, 0.3) is 0 Å². The minimum Gasteiger partial charge on any atom is -0.461 e. The second kappa shape index (κ2) is 4.06. The van der Waals surface area contributed by atoms with E-state index in [0.717, 1.165) is 0 Å². The molecule has 1 saturated heterocycles. The third-order valence-electron chi connectivity index (χ3n) is 5.63. The van der Waals surface area contributed by atoms with E-state index in [1.807, 2.05) is 26.8 Å². The number of rotatable bonds is 0. The lowest BCUT2D eigenvalue weighted by atomic mass is 9.54. The van der Waals surface area contributed by atoms with Gasteiger partial charge in [-0.15, -0.1) is 0 Å². The Morgan fingerprint density at radius 3 is 2.79 bits per heavy atom. The van der Waals surface area contributed by atoms with E-state index in [-0.39, 0.29) is 29.8 Å². The maximum Gasteiger partial charge on any atom is 0.309 e. The van der Waals surface area contributed by atoms with Gasteiger partial charge >= 0.3 is 5.97 Å². The molecule has 0 radical (unpaired) electrons. The van der Waals surface area contributed by atoms with Gasteiger partial charge in [-0.25, -0.2) is 0 Å². The van der Waals surface area contributed by atoms with Crippen LogP contribution in [-0.2, 0) is 9.53 Å². The Hall–Kier alpha value is -0.870. The van der Waals surface area contributed by atoms with Crippen molar-refractivity contribution in [3.05, 3.63) is 11.6 Å². The maximum atomic E-state index is 11.8. The fraction of sp³-hybridized carbons (Fsp3) is 0.800. The van der Waals surface area contributed by atoms with Crippen LogP contribution < -0.4 is 0 Å². The molecule has 0 amide bonds. The Morgan fingerprint density at radius 1 is 1.42 bits per heavy atom. The van der Waals surface area contributed by atoms with Crippen LogP contribution in [0.15, 0.2) is 11.6 Å². The summed E-state index contributed by atoms with van der Waals surface area (Å²) in [7, 11) is 0. The quantitative estimate of drug-likeness (QED) is 0.512. The lowest BCUT2D eigenvalue weighted by Crippen LogP contribution is -2.57. The Kier molecular flexibility index (Phi) is 2.81. The molecule has 0 aromatic heterocycles. The van der Waals surface area contributed by atoms with Gasteiger partial charge in [-0.05, 0) is 19.8 Å². The lowest BCUT2D eigenvalue weighted by Gasteiger charge is -2.53. The Labute approximate surface area is 113 Å². The van der Waals surface area contributed by atoms with Crippen molar-refractivity contribution in [2.24, 2.45) is 23.2 Å². The second-order valence-electron chi connectivity index (χ2n) is 6.72. The molecule has 7 atom stereocenters. The van der Waals surface area contributed by atoms with E-state index >= 15 is 0 Å². The van der Waals surface area contributed by atoms with Crippen LogP contribution >= 0.6 is 0 Å². The zero-order valence-electron chi connectivity index (χ0n) is 11.7. The van der Waals surface area contributed by atoms with Crippen molar-refractivity contribution >= 4 is 5.97 Å². The summed E-state index contributed by atoms with van der Waals surface area (Å²) in [5, 5.41) is 20.8. The van der Waals surface area contributed by atoms with Gasteiger partial charge in [0, 0.05) is 17.3 Å². The summed E-state index contributed by atoms with van der Waals surface area (Å²) in [6.45, 7) is 5.88. The average molecular weight is 266 g/mol. The van der Waals surface area contributed by atoms with Crippen molar-refractivity contribution in [3.63, 3.8) is 0 Å². The Morgan fingerprint density at radius 2 is 2.11 bits per heavy atom. The summed E-state index contributed by atoms with van der Waals surface area (Å²) >= 11 is 0. The van der Waals surface area contributed by atoms with E-state index in [0.29, 0.717) is 12.8 Å². The SMILES string of the molecule is CC1=CC[C@@H](O)[C@]2(C)C[C@H](O)[C@@H]3[C@H](OC(=O)[C@H]3C)[C@@H]12. The van der Waals surface area contributed by atoms with Gasteiger partial charge in [0.25, 0.3) is 0 Å². The topological polar surface area (TPSA) is 66.8 Å². The molecular weight excluding hydrogens is 244 g/mol. The van der Waals surface area contributed by atoms with E-state index in [1.165, 1.54) is 5.57 Å². The smallest absolute Gasteiger partial charge is 0.309 e. The van der Waals surface area contributed by atoms with Crippen LogP contribution in [0.2, 0.25) is 0 Å². The summed E-state index contributed by atoms with van der Waals surface area (Å²) in [6, 6.07) is 0. The van der Waals surface area contributed by atoms with Gasteiger partial charge in [0.15, 0.2) is 0 Å². The molecule has 0 aromatic carbocycles. The molecule has 2 aliphatic carbocycles. The molecule has 0 spiro atoms. The highest BCUT2D eigenvalue weighted by Crippen LogP contribution is 2.56. The molecule has 1 heterocycles. The molecule has 3 rings (SSSR count). The normalized spacial score (nSPS) is 53.1. The molecule has 1 saturated carbocycles. The molecule has 1 aliphatic heterocycles. The first-order valence-electron chi connectivity index (χ1n) is 7.09. The minimum absolute atomic E-state index is 0.0264. The first-order valence-corrected chi connectivity index (χ1v) is 7.09. The number of carbonyl (C=O) groups excluding carboxylic acids is 1. The third-order valence-corrected chi connectivity index (χ3v) is 5.63. The van der Waals surface area contributed by atoms with Crippen LogP contribution in [0.1, 0.15) is 33.6 Å². The molecule has 106 valence electrons. The number of fused-ring (bicyclic) bond motifs is 3. The summed E-state index contributed by atoms with van der Waals surface area (Å²) in [4.78, 5) is 11.8. The van der Waals surface area contributed by atoms with E-state index in [2.05, 4.69) is 0 Å². The van der Waals surface area contributed by atoms with E-state index in [4.69, 9.17) is 4.74 Å². The molecular formula is C15H22O4. The number of hydrogen-bond acceptors (Lipinski definition) is 4. The van der Waals surface area contributed by atoms with Crippen molar-refractivity contribution in [2.45, 2.75) is 51.9 Å². The number of hydrogen-bond donors (Lipinski definition) is 2. The van der Waals surface area contributed by atoms with Gasteiger partial charge in [0.1, 0.15) is 6.10 Å². The number of ether oxygens (including phenoxy) is 1. The third kappa shape index (κ3) is 1.62. The monoisotopic (exact) mass is 266 g/mol. The summed E-state index contributed by atoms with van der Waals surface area (Å²) in [6.07, 6.45) is 1.85. The number of aliphatic hydroxyl groups is 2. The van der Waals surface area contributed by atoms with Gasteiger partial charge in [-0.2, -0.15) is 0 Å². The first-order chi connectivity index (χ1) is 8.86. The predicted octanol–water partition coefficient (Wildman–Crippen LogP) is 1.26. The van der Waals surface area contributed by atoms with E-state index in [9.17, 15) is 15.0 Å². The summed E-state index contributed by atoms with van der Waals surface area (Å²) < 4.78 is 5.55. The Balaban J connectivity index is 2.05. The highest BCUT2D eigenvalue weighted by molar-refractivity contribution is 5.75. The van der Waals surface area contributed by atoms with Crippen LogP contribution in [0, 0.1) is 23.2 Å². The zero-order valence-corrected chi connectivity index (χ0v) is 11.7. The maximum absolute atomic E-state index is 11.8. The van der Waals surface area contributed by atoms with Crippen molar-refractivity contribution < 1.29 is 19.7 Å². The molecule has 0 bridgehead atoms. The highest BCUT2D eigenvalue weighted by Gasteiger charge is 2.61. The zero-order chi connectivity index (χ0) is 13.9. The van der Waals surface area contributed by atoms with Crippen molar-refractivity contribution in [3.8, 4) is 0 Å². The lowest BCUT2D eigenvalue weighted by molar-refractivity contribution is -0.157. The first kappa shape index (κ1) is 13.1. The van der Waals surface area contributed by atoms with Gasteiger partial charge in [0.2, 0.25) is 0 Å². The predicted molar refractivity (Wildman–Crippen MR) is 69.1 cm³/mol. The summed E-state index contributed by atoms with van der Waals surface area (Å²) in [5.41, 5.74) is 0.778. The fourth-order valence-electron chi connectivity index (χ4n) is 4.51. The fourth-order valence-corrected chi connectivity index (χ4v) is 4.51. The summed E-state index contributed by atoms with van der Waals surface area (Å²) in [5.74, 6) is -0.583. The molecule has 0 unspecified atom stereocenters. The van der Waals surface area contributed by atoms with Crippen molar-refractivity contribution in [1.82, 2.24) is 0 Å². The van der Waals surface area contributed by atoms with Gasteiger partial charge < -0.3 is 14.9 Å². The molecule has 2 N–H and O–H groups in total. The molecule has 19 heavy (non-hydrogen) atoms. The molecule has 0 aromatic rings. The standard InChI is InChI=1S/C15H22O4/c1-7-4-5-10(17)15(3)6-9(16)11-8(2)14(18)19-13(11)12(7)15/h4,8-13,16-17H,5-6H2,1-3H3/t8-,9-,10+,11+,12+,13-,15-/m0/s1. The van der Waals surface area contributed by atoms with Crippen molar-refractivity contribution in [1.29, 1.82) is 0 Å². The largest absolute Gasteiger partial charge is 0.461 e.